The zero-order chi connectivity index (χ0) is 13.8. The normalized spacial score (nSPS) is 17.4. The van der Waals surface area contributed by atoms with Gasteiger partial charge in [-0.1, -0.05) is 11.6 Å². The van der Waals surface area contributed by atoms with Crippen LogP contribution in [0.1, 0.15) is 30.1 Å². The molecule has 1 aromatic carbocycles. The number of rotatable bonds is 4. The molecule has 19 heavy (non-hydrogen) atoms. The SMILES string of the molecule is CC(CNC(=O)c1cc(N)cc(Cl)c1)N1CCCC1. The molecule has 1 aliphatic rings. The van der Waals surface area contributed by atoms with Crippen LogP contribution in [0.25, 0.3) is 0 Å². The predicted molar refractivity (Wildman–Crippen MR) is 78.5 cm³/mol. The van der Waals surface area contributed by atoms with E-state index in [1.54, 1.807) is 18.2 Å². The lowest BCUT2D eigenvalue weighted by Crippen LogP contribution is -2.40. The van der Waals surface area contributed by atoms with E-state index in [2.05, 4.69) is 17.1 Å². The molecule has 0 radical (unpaired) electrons. The number of likely N-dealkylation sites (tertiary alicyclic amines) is 1. The molecule has 1 atom stereocenters. The summed E-state index contributed by atoms with van der Waals surface area (Å²) in [5, 5.41) is 3.42. The predicted octanol–water partition coefficient (Wildman–Crippen LogP) is 2.14. The van der Waals surface area contributed by atoms with Gasteiger partial charge < -0.3 is 11.1 Å². The van der Waals surface area contributed by atoms with E-state index in [0.717, 1.165) is 13.1 Å². The van der Waals surface area contributed by atoms with Crippen molar-refractivity contribution in [3.63, 3.8) is 0 Å². The maximum Gasteiger partial charge on any atom is 0.251 e. The van der Waals surface area contributed by atoms with E-state index in [1.165, 1.54) is 12.8 Å². The van der Waals surface area contributed by atoms with Gasteiger partial charge in [-0.25, -0.2) is 0 Å². The van der Waals surface area contributed by atoms with E-state index >= 15 is 0 Å². The summed E-state index contributed by atoms with van der Waals surface area (Å²) in [6, 6.07) is 5.27. The summed E-state index contributed by atoms with van der Waals surface area (Å²) in [5.41, 5.74) is 6.70. The van der Waals surface area contributed by atoms with Crippen LogP contribution in [-0.4, -0.2) is 36.5 Å². The molecule has 104 valence electrons. The van der Waals surface area contributed by atoms with E-state index < -0.39 is 0 Å². The number of nitrogens with one attached hydrogen (secondary N) is 1. The monoisotopic (exact) mass is 281 g/mol. The third-order valence-electron chi connectivity index (χ3n) is 3.50. The van der Waals surface area contributed by atoms with Gasteiger partial charge >= 0.3 is 0 Å². The van der Waals surface area contributed by atoms with Gasteiger partial charge in [0, 0.05) is 28.9 Å². The van der Waals surface area contributed by atoms with E-state index in [4.69, 9.17) is 17.3 Å². The minimum atomic E-state index is -0.125. The first-order chi connectivity index (χ1) is 9.06. The van der Waals surface area contributed by atoms with Crippen LogP contribution in [0.15, 0.2) is 18.2 Å². The largest absolute Gasteiger partial charge is 0.399 e. The summed E-state index contributed by atoms with van der Waals surface area (Å²) in [4.78, 5) is 14.4. The molecule has 1 aromatic rings. The number of nitrogens with zero attached hydrogens (tertiary/aromatic N) is 1. The summed E-state index contributed by atoms with van der Waals surface area (Å²) in [5.74, 6) is -0.125. The molecule has 1 amide bonds. The molecule has 1 aliphatic heterocycles. The summed E-state index contributed by atoms with van der Waals surface area (Å²) in [7, 11) is 0. The molecule has 3 N–H and O–H groups in total. The molecule has 1 saturated heterocycles. The van der Waals surface area contributed by atoms with Crippen molar-refractivity contribution < 1.29 is 4.79 Å². The van der Waals surface area contributed by atoms with Crippen LogP contribution < -0.4 is 11.1 Å². The van der Waals surface area contributed by atoms with Crippen molar-refractivity contribution in [2.75, 3.05) is 25.4 Å². The molecule has 2 rings (SSSR count). The number of carbonyl (C=O) groups excluding carboxylic acids is 1. The summed E-state index contributed by atoms with van der Waals surface area (Å²) < 4.78 is 0. The van der Waals surface area contributed by atoms with E-state index in [-0.39, 0.29) is 5.91 Å². The van der Waals surface area contributed by atoms with E-state index in [1.807, 2.05) is 0 Å². The Hall–Kier alpha value is -1.26. The molecular weight excluding hydrogens is 262 g/mol. The van der Waals surface area contributed by atoms with Crippen molar-refractivity contribution in [2.24, 2.45) is 0 Å². The van der Waals surface area contributed by atoms with Gasteiger partial charge in [0.05, 0.1) is 0 Å². The highest BCUT2D eigenvalue weighted by atomic mass is 35.5. The maximum absolute atomic E-state index is 12.0. The first-order valence-corrected chi connectivity index (χ1v) is 7.02. The average Bonchev–Trinajstić information content (AvgIpc) is 2.88. The van der Waals surface area contributed by atoms with Crippen molar-refractivity contribution in [3.05, 3.63) is 28.8 Å². The first kappa shape index (κ1) is 14.2. The minimum Gasteiger partial charge on any atom is -0.399 e. The fourth-order valence-corrected chi connectivity index (χ4v) is 2.64. The van der Waals surface area contributed by atoms with E-state index in [0.29, 0.717) is 28.9 Å². The lowest BCUT2D eigenvalue weighted by Gasteiger charge is -2.23. The van der Waals surface area contributed by atoms with Crippen molar-refractivity contribution in [2.45, 2.75) is 25.8 Å². The summed E-state index contributed by atoms with van der Waals surface area (Å²) in [6.07, 6.45) is 2.51. The Morgan fingerprint density at radius 3 is 2.74 bits per heavy atom. The smallest absolute Gasteiger partial charge is 0.251 e. The van der Waals surface area contributed by atoms with Crippen molar-refractivity contribution >= 4 is 23.2 Å². The maximum atomic E-state index is 12.0. The fourth-order valence-electron chi connectivity index (χ4n) is 2.40. The highest BCUT2D eigenvalue weighted by Gasteiger charge is 2.18. The lowest BCUT2D eigenvalue weighted by atomic mass is 10.2. The topological polar surface area (TPSA) is 58.4 Å². The Kier molecular flexibility index (Phi) is 4.66. The molecule has 1 fully saturated rings. The molecule has 0 bridgehead atoms. The first-order valence-electron chi connectivity index (χ1n) is 6.64. The zero-order valence-corrected chi connectivity index (χ0v) is 11.9. The second-order valence-electron chi connectivity index (χ2n) is 5.08. The van der Waals surface area contributed by atoms with Crippen molar-refractivity contribution in [3.8, 4) is 0 Å². The zero-order valence-electron chi connectivity index (χ0n) is 11.2. The van der Waals surface area contributed by atoms with Crippen LogP contribution >= 0.6 is 11.6 Å². The number of halogens is 1. The van der Waals surface area contributed by atoms with Crippen LogP contribution in [0.5, 0.6) is 0 Å². The number of anilines is 1. The third kappa shape index (κ3) is 3.85. The molecular formula is C14H20ClN3O. The number of carbonyl (C=O) groups is 1. The summed E-state index contributed by atoms with van der Waals surface area (Å²) in [6.45, 7) is 5.03. The Morgan fingerprint density at radius 1 is 1.42 bits per heavy atom. The molecule has 0 aromatic heterocycles. The molecule has 4 nitrogen and oxygen atoms in total. The van der Waals surface area contributed by atoms with Gasteiger partial charge in [-0.2, -0.15) is 0 Å². The molecule has 1 heterocycles. The number of hydrogen-bond acceptors (Lipinski definition) is 3. The van der Waals surface area contributed by atoms with Gasteiger partial charge in [-0.3, -0.25) is 9.69 Å². The van der Waals surface area contributed by atoms with Crippen LogP contribution in [0.4, 0.5) is 5.69 Å². The van der Waals surface area contributed by atoms with Crippen molar-refractivity contribution in [1.29, 1.82) is 0 Å². The second-order valence-corrected chi connectivity index (χ2v) is 5.51. The quantitative estimate of drug-likeness (QED) is 0.832. The summed E-state index contributed by atoms with van der Waals surface area (Å²) >= 11 is 5.89. The van der Waals surface area contributed by atoms with Gasteiger partial charge in [-0.05, 0) is 51.1 Å². The third-order valence-corrected chi connectivity index (χ3v) is 3.72. The number of hydrogen-bond donors (Lipinski definition) is 2. The van der Waals surface area contributed by atoms with Crippen LogP contribution in [0, 0.1) is 0 Å². The number of nitrogen functional groups attached to an aromatic ring is 1. The Labute approximate surface area is 118 Å². The van der Waals surface area contributed by atoms with Gasteiger partial charge in [0.15, 0.2) is 0 Å². The Balaban J connectivity index is 1.89. The minimum absolute atomic E-state index is 0.125. The standard InChI is InChI=1S/C14H20ClN3O/c1-10(18-4-2-3-5-18)9-17-14(19)11-6-12(15)8-13(16)7-11/h6-8,10H,2-5,9,16H2,1H3,(H,17,19). The average molecular weight is 282 g/mol. The van der Waals surface area contributed by atoms with E-state index in [9.17, 15) is 4.79 Å². The van der Waals surface area contributed by atoms with Crippen LogP contribution in [0.3, 0.4) is 0 Å². The molecule has 0 spiro atoms. The number of nitrogens with two attached hydrogens (primary N) is 1. The van der Waals surface area contributed by atoms with Crippen LogP contribution in [-0.2, 0) is 0 Å². The highest BCUT2D eigenvalue weighted by Crippen LogP contribution is 2.16. The number of benzene rings is 1. The van der Waals surface area contributed by atoms with Gasteiger partial charge in [0.1, 0.15) is 0 Å². The Bertz CT molecular complexity index is 438. The second kappa shape index (κ2) is 6.26. The van der Waals surface area contributed by atoms with Gasteiger partial charge in [0.2, 0.25) is 0 Å². The van der Waals surface area contributed by atoms with Crippen LogP contribution in [0.2, 0.25) is 5.02 Å². The van der Waals surface area contributed by atoms with Crippen molar-refractivity contribution in [1.82, 2.24) is 10.2 Å². The molecule has 1 unspecified atom stereocenters. The van der Waals surface area contributed by atoms with Gasteiger partial charge in [-0.15, -0.1) is 0 Å². The molecule has 0 saturated carbocycles. The molecule has 0 aliphatic carbocycles. The lowest BCUT2D eigenvalue weighted by molar-refractivity contribution is 0.0940. The highest BCUT2D eigenvalue weighted by molar-refractivity contribution is 6.31. The Morgan fingerprint density at radius 2 is 2.11 bits per heavy atom. The number of amides is 1. The van der Waals surface area contributed by atoms with Gasteiger partial charge in [0.25, 0.3) is 5.91 Å². The fraction of sp³-hybridized carbons (Fsp3) is 0.500. The molecule has 5 heteroatoms.